The van der Waals surface area contributed by atoms with Crippen LogP contribution in [0.2, 0.25) is 5.02 Å². The number of nitrogens with one attached hydrogen (secondary N) is 1. The maximum atomic E-state index is 12.7. The highest BCUT2D eigenvalue weighted by Gasteiger charge is 2.15. The van der Waals surface area contributed by atoms with E-state index >= 15 is 0 Å². The minimum atomic E-state index is -0.100. The zero-order valence-electron chi connectivity index (χ0n) is 15.5. The van der Waals surface area contributed by atoms with E-state index in [0.717, 1.165) is 22.5 Å². The molecular weight excluding hydrogens is 370 g/mol. The number of fused-ring (bicyclic) bond motifs is 1. The highest BCUT2D eigenvalue weighted by Crippen LogP contribution is 2.20. The van der Waals surface area contributed by atoms with E-state index in [1.165, 1.54) is 11.1 Å². The number of benzene rings is 3. The number of halogens is 1. The van der Waals surface area contributed by atoms with Crippen molar-refractivity contribution in [1.82, 2.24) is 9.55 Å². The maximum absolute atomic E-state index is 12.7. The Morgan fingerprint density at radius 2 is 1.71 bits per heavy atom. The van der Waals surface area contributed by atoms with Crippen molar-refractivity contribution >= 4 is 34.2 Å². The molecule has 0 bridgehead atoms. The Balaban J connectivity index is 1.64. The fourth-order valence-corrected chi connectivity index (χ4v) is 3.42. The fourth-order valence-electron chi connectivity index (χ4n) is 3.29. The van der Waals surface area contributed by atoms with Crippen LogP contribution in [0.15, 0.2) is 72.8 Å². The van der Waals surface area contributed by atoms with Gasteiger partial charge in [-0.1, -0.05) is 48.0 Å². The van der Waals surface area contributed by atoms with Crippen molar-refractivity contribution in [3.63, 3.8) is 0 Å². The second kappa shape index (κ2) is 7.87. The Bertz CT molecular complexity index is 1130. The number of aryl methyl sites for hydroxylation is 1. The van der Waals surface area contributed by atoms with Gasteiger partial charge >= 0.3 is 0 Å². The number of carbonyl (C=O) groups is 1. The van der Waals surface area contributed by atoms with Crippen LogP contribution in [0.25, 0.3) is 11.0 Å². The molecule has 1 heterocycles. The summed E-state index contributed by atoms with van der Waals surface area (Å²) >= 11 is 5.91. The molecule has 4 nitrogen and oxygen atoms in total. The zero-order chi connectivity index (χ0) is 19.5. The van der Waals surface area contributed by atoms with E-state index in [2.05, 4.69) is 24.4 Å². The number of anilines is 1. The van der Waals surface area contributed by atoms with E-state index in [9.17, 15) is 4.79 Å². The third-order valence-corrected chi connectivity index (χ3v) is 5.03. The minimum Gasteiger partial charge on any atom is -0.325 e. The van der Waals surface area contributed by atoms with Gasteiger partial charge in [-0.3, -0.25) is 4.79 Å². The Hall–Kier alpha value is -3.11. The lowest BCUT2D eigenvalue weighted by atomic mass is 10.1. The van der Waals surface area contributed by atoms with E-state index in [-0.39, 0.29) is 12.5 Å². The lowest BCUT2D eigenvalue weighted by Gasteiger charge is -2.11. The van der Waals surface area contributed by atoms with Crippen LogP contribution < -0.4 is 5.32 Å². The van der Waals surface area contributed by atoms with E-state index in [1.807, 2.05) is 41.0 Å². The zero-order valence-corrected chi connectivity index (χ0v) is 16.3. The van der Waals surface area contributed by atoms with Crippen molar-refractivity contribution < 1.29 is 4.79 Å². The predicted molar refractivity (Wildman–Crippen MR) is 114 cm³/mol. The topological polar surface area (TPSA) is 46.9 Å². The van der Waals surface area contributed by atoms with Crippen LogP contribution >= 0.6 is 11.6 Å². The molecule has 0 aliphatic carbocycles. The van der Waals surface area contributed by atoms with Crippen molar-refractivity contribution in [1.29, 1.82) is 0 Å². The molecule has 0 spiro atoms. The smallest absolute Gasteiger partial charge is 0.244 e. The number of aromatic nitrogens is 2. The Morgan fingerprint density at radius 3 is 2.50 bits per heavy atom. The van der Waals surface area contributed by atoms with Gasteiger partial charge in [-0.15, -0.1) is 0 Å². The summed E-state index contributed by atoms with van der Waals surface area (Å²) in [5.41, 5.74) is 4.99. The van der Waals surface area contributed by atoms with Crippen molar-refractivity contribution in [2.45, 2.75) is 19.9 Å². The first-order valence-corrected chi connectivity index (χ1v) is 9.52. The second-order valence-electron chi connectivity index (χ2n) is 6.76. The lowest BCUT2D eigenvalue weighted by molar-refractivity contribution is -0.116. The van der Waals surface area contributed by atoms with Crippen LogP contribution in [0.4, 0.5) is 5.69 Å². The number of hydrogen-bond donors (Lipinski definition) is 1. The van der Waals surface area contributed by atoms with Gasteiger partial charge in [-0.25, -0.2) is 4.98 Å². The van der Waals surface area contributed by atoms with E-state index in [0.29, 0.717) is 11.4 Å². The summed E-state index contributed by atoms with van der Waals surface area (Å²) < 4.78 is 1.99. The molecule has 4 rings (SSSR count). The third-order valence-electron chi connectivity index (χ3n) is 4.77. The van der Waals surface area contributed by atoms with Crippen LogP contribution in [0.3, 0.4) is 0 Å². The SMILES string of the molecule is Cc1ccccc1Cc1nc2ccccc2n1CC(=O)Nc1ccc(Cl)cc1. The Morgan fingerprint density at radius 1 is 1.00 bits per heavy atom. The number of nitrogens with zero attached hydrogens (tertiary/aromatic N) is 2. The van der Waals surface area contributed by atoms with Gasteiger partial charge < -0.3 is 9.88 Å². The molecule has 0 saturated carbocycles. The normalized spacial score (nSPS) is 10.9. The van der Waals surface area contributed by atoms with Crippen molar-refractivity contribution in [2.24, 2.45) is 0 Å². The standard InChI is InChI=1S/C23H20ClN3O/c1-16-6-2-3-7-17(16)14-22-26-20-8-4-5-9-21(20)27(22)15-23(28)25-19-12-10-18(24)11-13-19/h2-13H,14-15H2,1H3,(H,25,28). The van der Waals surface area contributed by atoms with E-state index < -0.39 is 0 Å². The molecule has 0 radical (unpaired) electrons. The molecule has 3 aromatic carbocycles. The van der Waals surface area contributed by atoms with Crippen LogP contribution in [-0.2, 0) is 17.8 Å². The predicted octanol–water partition coefficient (Wildman–Crippen LogP) is 5.23. The highest BCUT2D eigenvalue weighted by atomic mass is 35.5. The largest absolute Gasteiger partial charge is 0.325 e. The minimum absolute atomic E-state index is 0.100. The molecule has 0 saturated heterocycles. The third kappa shape index (κ3) is 3.92. The first-order valence-electron chi connectivity index (χ1n) is 9.14. The number of rotatable bonds is 5. The molecule has 0 aliphatic rings. The van der Waals surface area contributed by atoms with Gasteiger partial charge in [-0.2, -0.15) is 0 Å². The van der Waals surface area contributed by atoms with Gasteiger partial charge in [0.25, 0.3) is 0 Å². The fraction of sp³-hybridized carbons (Fsp3) is 0.130. The summed E-state index contributed by atoms with van der Waals surface area (Å²) in [5.74, 6) is 0.776. The molecule has 0 atom stereocenters. The van der Waals surface area contributed by atoms with Gasteiger partial charge in [0, 0.05) is 17.1 Å². The molecule has 140 valence electrons. The summed E-state index contributed by atoms with van der Waals surface area (Å²) in [5, 5.41) is 3.57. The number of hydrogen-bond acceptors (Lipinski definition) is 2. The molecule has 0 aliphatic heterocycles. The molecule has 5 heteroatoms. The molecular formula is C23H20ClN3O. The lowest BCUT2D eigenvalue weighted by Crippen LogP contribution is -2.20. The molecule has 4 aromatic rings. The maximum Gasteiger partial charge on any atom is 0.244 e. The van der Waals surface area contributed by atoms with Crippen molar-refractivity contribution in [3.8, 4) is 0 Å². The average Bonchev–Trinajstić information content (AvgIpc) is 3.03. The van der Waals surface area contributed by atoms with Gasteiger partial charge in [-0.05, 0) is 54.4 Å². The summed E-state index contributed by atoms with van der Waals surface area (Å²) in [7, 11) is 0. The first kappa shape index (κ1) is 18.3. The van der Waals surface area contributed by atoms with Crippen LogP contribution in [0.5, 0.6) is 0 Å². The Kier molecular flexibility index (Phi) is 5.13. The first-order chi connectivity index (χ1) is 13.6. The number of carbonyl (C=O) groups excluding carboxylic acids is 1. The number of imidazole rings is 1. The monoisotopic (exact) mass is 389 g/mol. The van der Waals surface area contributed by atoms with Crippen molar-refractivity contribution in [3.05, 3.63) is 94.8 Å². The van der Waals surface area contributed by atoms with Gasteiger partial charge in [0.15, 0.2) is 0 Å². The van der Waals surface area contributed by atoms with Crippen molar-refractivity contribution in [2.75, 3.05) is 5.32 Å². The van der Waals surface area contributed by atoms with Crippen LogP contribution in [-0.4, -0.2) is 15.5 Å². The van der Waals surface area contributed by atoms with E-state index in [1.54, 1.807) is 24.3 Å². The number of para-hydroxylation sites is 2. The van der Waals surface area contributed by atoms with Gasteiger partial charge in [0.2, 0.25) is 5.91 Å². The molecule has 1 amide bonds. The highest BCUT2D eigenvalue weighted by molar-refractivity contribution is 6.30. The molecule has 0 unspecified atom stereocenters. The quantitative estimate of drug-likeness (QED) is 0.508. The van der Waals surface area contributed by atoms with Gasteiger partial charge in [0.05, 0.1) is 11.0 Å². The van der Waals surface area contributed by atoms with Gasteiger partial charge in [0.1, 0.15) is 12.4 Å². The summed E-state index contributed by atoms with van der Waals surface area (Å²) in [6.07, 6.45) is 0.676. The van der Waals surface area contributed by atoms with E-state index in [4.69, 9.17) is 16.6 Å². The molecule has 0 fully saturated rings. The molecule has 1 aromatic heterocycles. The summed E-state index contributed by atoms with van der Waals surface area (Å²) in [6.45, 7) is 2.29. The summed E-state index contributed by atoms with van der Waals surface area (Å²) in [6, 6.07) is 23.3. The number of amides is 1. The van der Waals surface area contributed by atoms with Crippen LogP contribution in [0.1, 0.15) is 17.0 Å². The molecule has 1 N–H and O–H groups in total. The summed E-state index contributed by atoms with van der Waals surface area (Å²) in [4.78, 5) is 17.5. The molecule has 28 heavy (non-hydrogen) atoms. The van der Waals surface area contributed by atoms with Crippen LogP contribution in [0, 0.1) is 6.92 Å². The Labute approximate surface area is 168 Å². The second-order valence-corrected chi connectivity index (χ2v) is 7.20. The average molecular weight is 390 g/mol.